The van der Waals surface area contributed by atoms with Gasteiger partial charge in [0.1, 0.15) is 0 Å². The molecule has 0 N–H and O–H groups in total. The molecule has 0 aliphatic carbocycles. The normalized spacial score (nSPS) is 12.6. The van der Waals surface area contributed by atoms with Gasteiger partial charge < -0.3 is 46.7 Å². The molecule has 0 spiro atoms. The standard InChI is InChI=1S/C20H42O11Si/c1-9-22-17(23-10-2)19(26-13-5,27-14-6)30-32(21)31-20(28-15-7,29-16-8)18(24-11-3)25-12-4/h17-18H,9-16H2,1-8H3. The maximum atomic E-state index is 13.2. The third-order valence-corrected chi connectivity index (χ3v) is 4.59. The molecule has 32 heavy (non-hydrogen) atoms. The molecule has 0 saturated heterocycles. The van der Waals surface area contributed by atoms with Crippen LogP contribution in [0.25, 0.3) is 0 Å². The first-order valence-corrected chi connectivity index (χ1v) is 12.5. The van der Waals surface area contributed by atoms with E-state index >= 15 is 0 Å². The first-order chi connectivity index (χ1) is 15.4. The molecule has 0 atom stereocenters. The molecule has 11 nitrogen and oxygen atoms in total. The molecule has 0 rings (SSSR count). The van der Waals surface area contributed by atoms with E-state index in [9.17, 15) is 4.46 Å². The summed E-state index contributed by atoms with van der Waals surface area (Å²) >= 11 is 0. The second-order valence-electron chi connectivity index (χ2n) is 5.88. The fourth-order valence-electron chi connectivity index (χ4n) is 2.74. The van der Waals surface area contributed by atoms with Gasteiger partial charge in [-0.15, -0.1) is 0 Å². The minimum Gasteiger partial charge on any atom is -0.440 e. The topological polar surface area (TPSA) is 109 Å². The third-order valence-electron chi connectivity index (χ3n) is 3.68. The highest BCUT2D eigenvalue weighted by molar-refractivity contribution is 6.26. The van der Waals surface area contributed by atoms with Crippen LogP contribution in [0.2, 0.25) is 0 Å². The van der Waals surface area contributed by atoms with E-state index in [2.05, 4.69) is 0 Å². The zero-order valence-corrected chi connectivity index (χ0v) is 21.8. The Labute approximate surface area is 193 Å². The van der Waals surface area contributed by atoms with E-state index in [1.54, 1.807) is 55.4 Å². The van der Waals surface area contributed by atoms with Crippen molar-refractivity contribution in [3.63, 3.8) is 0 Å². The Morgan fingerprint density at radius 1 is 0.500 bits per heavy atom. The fourth-order valence-corrected chi connectivity index (χ4v) is 3.67. The second-order valence-corrected chi connectivity index (χ2v) is 6.79. The van der Waals surface area contributed by atoms with Crippen molar-refractivity contribution in [1.29, 1.82) is 0 Å². The zero-order chi connectivity index (χ0) is 24.5. The average Bonchev–Trinajstić information content (AvgIpc) is 2.74. The molecule has 0 aliphatic rings. The molecule has 0 fully saturated rings. The highest BCUT2D eigenvalue weighted by atomic mass is 28.3. The van der Waals surface area contributed by atoms with Crippen molar-refractivity contribution < 1.29 is 51.2 Å². The van der Waals surface area contributed by atoms with Gasteiger partial charge in [0.05, 0.1) is 26.4 Å². The highest BCUT2D eigenvalue weighted by Gasteiger charge is 2.53. The van der Waals surface area contributed by atoms with Gasteiger partial charge in [-0.1, -0.05) is 0 Å². The SMILES string of the molecule is CCOC(OCC)C(OCC)(OCC)O[Si](=O)OC(OCC)(OCC)C(OCC)OCC. The number of rotatable bonds is 22. The van der Waals surface area contributed by atoms with E-state index in [0.29, 0.717) is 0 Å². The predicted molar refractivity (Wildman–Crippen MR) is 115 cm³/mol. The summed E-state index contributed by atoms with van der Waals surface area (Å²) in [5, 5.41) is 0. The molecule has 0 aromatic heterocycles. The number of ether oxygens (including phenoxy) is 8. The molecule has 0 radical (unpaired) electrons. The van der Waals surface area contributed by atoms with Gasteiger partial charge in [0.25, 0.3) is 12.6 Å². The first-order valence-electron chi connectivity index (χ1n) is 11.3. The average molecular weight is 487 g/mol. The summed E-state index contributed by atoms with van der Waals surface area (Å²) < 4.78 is 69.9. The summed E-state index contributed by atoms with van der Waals surface area (Å²) in [6.45, 7) is 15.8. The van der Waals surface area contributed by atoms with Gasteiger partial charge in [-0.3, -0.25) is 4.46 Å². The van der Waals surface area contributed by atoms with Gasteiger partial charge in [-0.05, 0) is 55.4 Å². The van der Waals surface area contributed by atoms with E-state index in [1.165, 1.54) is 0 Å². The lowest BCUT2D eigenvalue weighted by Crippen LogP contribution is -2.58. The van der Waals surface area contributed by atoms with E-state index in [0.717, 1.165) is 0 Å². The number of hydrogen-bond donors (Lipinski definition) is 0. The molecule has 0 aromatic rings. The summed E-state index contributed by atoms with van der Waals surface area (Å²) in [7, 11) is -3.42. The largest absolute Gasteiger partial charge is 0.775 e. The molecule has 192 valence electrons. The van der Waals surface area contributed by atoms with Crippen LogP contribution in [-0.4, -0.2) is 86.6 Å². The van der Waals surface area contributed by atoms with Crippen molar-refractivity contribution >= 4 is 9.17 Å². The minimum atomic E-state index is -3.42. The lowest BCUT2D eigenvalue weighted by atomic mass is 10.5. The van der Waals surface area contributed by atoms with E-state index in [1.807, 2.05) is 0 Å². The van der Waals surface area contributed by atoms with Crippen molar-refractivity contribution in [3.8, 4) is 0 Å². The first kappa shape index (κ1) is 31.3. The van der Waals surface area contributed by atoms with Crippen LogP contribution in [0.15, 0.2) is 0 Å². The molecule has 0 aromatic carbocycles. The molecule has 0 bridgehead atoms. The quantitative estimate of drug-likeness (QED) is 0.166. The number of hydrogen-bond acceptors (Lipinski definition) is 11. The minimum absolute atomic E-state index is 0.161. The van der Waals surface area contributed by atoms with Gasteiger partial charge in [0.2, 0.25) is 0 Å². The van der Waals surface area contributed by atoms with Crippen LogP contribution in [0.5, 0.6) is 0 Å². The molecule has 12 heteroatoms. The lowest BCUT2D eigenvalue weighted by molar-refractivity contribution is -0.452. The molecule has 0 saturated carbocycles. The molecule has 0 heterocycles. The summed E-state index contributed by atoms with van der Waals surface area (Å²) in [6, 6.07) is 0. The molecule has 0 unspecified atom stereocenters. The Morgan fingerprint density at radius 2 is 0.750 bits per heavy atom. The van der Waals surface area contributed by atoms with Crippen molar-refractivity contribution in [2.45, 2.75) is 79.9 Å². The van der Waals surface area contributed by atoms with Gasteiger partial charge >= 0.3 is 21.1 Å². The Hall–Kier alpha value is -0.703. The monoisotopic (exact) mass is 486 g/mol. The maximum absolute atomic E-state index is 13.2. The summed E-state index contributed by atoms with van der Waals surface area (Å²) in [6.07, 6.45) is -2.25. The highest BCUT2D eigenvalue weighted by Crippen LogP contribution is 2.29. The zero-order valence-electron chi connectivity index (χ0n) is 20.8. The van der Waals surface area contributed by atoms with Gasteiger partial charge in [0, 0.05) is 26.4 Å². The Kier molecular flexibility index (Phi) is 17.3. The predicted octanol–water partition coefficient (Wildman–Crippen LogP) is 2.69. The molecule has 0 aliphatic heterocycles. The fraction of sp³-hybridized carbons (Fsp3) is 1.00. The third kappa shape index (κ3) is 9.65. The summed E-state index contributed by atoms with van der Waals surface area (Å²) in [4.78, 5) is 0. The summed E-state index contributed by atoms with van der Waals surface area (Å²) in [5.41, 5.74) is 0. The van der Waals surface area contributed by atoms with Crippen molar-refractivity contribution in [2.75, 3.05) is 52.9 Å². The van der Waals surface area contributed by atoms with Gasteiger partial charge in [0.15, 0.2) is 0 Å². The van der Waals surface area contributed by atoms with Crippen LogP contribution in [-0.2, 0) is 51.2 Å². The van der Waals surface area contributed by atoms with Gasteiger partial charge in [-0.2, -0.15) is 0 Å². The van der Waals surface area contributed by atoms with Crippen molar-refractivity contribution in [2.24, 2.45) is 0 Å². The lowest BCUT2D eigenvalue weighted by Gasteiger charge is -2.40. The molecule has 0 amide bonds. The van der Waals surface area contributed by atoms with Crippen LogP contribution in [0.1, 0.15) is 55.4 Å². The summed E-state index contributed by atoms with van der Waals surface area (Å²) in [5.74, 6) is -3.88. The van der Waals surface area contributed by atoms with E-state index in [4.69, 9.17) is 46.7 Å². The maximum Gasteiger partial charge on any atom is 0.775 e. The second kappa shape index (κ2) is 17.7. The molecular weight excluding hydrogens is 444 g/mol. The van der Waals surface area contributed by atoms with Crippen LogP contribution in [0.3, 0.4) is 0 Å². The van der Waals surface area contributed by atoms with E-state index in [-0.39, 0.29) is 52.9 Å². The van der Waals surface area contributed by atoms with Crippen LogP contribution in [0, 0.1) is 0 Å². The van der Waals surface area contributed by atoms with E-state index < -0.39 is 33.7 Å². The van der Waals surface area contributed by atoms with Crippen molar-refractivity contribution in [1.82, 2.24) is 0 Å². The Bertz CT molecular complexity index is 416. The Balaban J connectivity index is 6.03. The smallest absolute Gasteiger partial charge is 0.440 e. The van der Waals surface area contributed by atoms with Crippen molar-refractivity contribution in [3.05, 3.63) is 0 Å². The van der Waals surface area contributed by atoms with Crippen LogP contribution in [0.4, 0.5) is 0 Å². The van der Waals surface area contributed by atoms with Crippen LogP contribution >= 0.6 is 0 Å². The van der Waals surface area contributed by atoms with Gasteiger partial charge in [-0.25, -0.2) is 0 Å². The Morgan fingerprint density at radius 3 is 0.938 bits per heavy atom. The van der Waals surface area contributed by atoms with Crippen LogP contribution < -0.4 is 0 Å². The molecular formula is C20H42O11Si.